The summed E-state index contributed by atoms with van der Waals surface area (Å²) in [7, 11) is 0. The lowest BCUT2D eigenvalue weighted by molar-refractivity contribution is -0.136. The van der Waals surface area contributed by atoms with Crippen molar-refractivity contribution in [2.75, 3.05) is 26.2 Å². The van der Waals surface area contributed by atoms with Crippen LogP contribution in [0.5, 0.6) is 5.75 Å². The predicted octanol–water partition coefficient (Wildman–Crippen LogP) is 5.57. The Morgan fingerprint density at radius 3 is 2.48 bits per heavy atom. The van der Waals surface area contributed by atoms with Gasteiger partial charge in [0, 0.05) is 30.2 Å². The van der Waals surface area contributed by atoms with Crippen molar-refractivity contribution in [3.05, 3.63) is 65.9 Å². The second kappa shape index (κ2) is 10.9. The Morgan fingerprint density at radius 2 is 1.79 bits per heavy atom. The van der Waals surface area contributed by atoms with Gasteiger partial charge in [-0.05, 0) is 73.5 Å². The summed E-state index contributed by atoms with van der Waals surface area (Å²) >= 11 is 0. The van der Waals surface area contributed by atoms with E-state index in [9.17, 15) is 4.79 Å². The smallest absolute Gasteiger partial charge is 0.307 e. The van der Waals surface area contributed by atoms with Crippen LogP contribution in [0.3, 0.4) is 0 Å². The number of hydrogen-bond acceptors (Lipinski definition) is 3. The molecule has 5 nitrogen and oxygen atoms in total. The summed E-state index contributed by atoms with van der Waals surface area (Å²) in [5.41, 5.74) is 3.69. The van der Waals surface area contributed by atoms with E-state index < -0.39 is 5.97 Å². The van der Waals surface area contributed by atoms with Gasteiger partial charge >= 0.3 is 5.97 Å². The molecule has 0 saturated carbocycles. The van der Waals surface area contributed by atoms with Crippen LogP contribution in [0, 0.1) is 5.92 Å². The number of para-hydroxylation sites is 1. The van der Waals surface area contributed by atoms with E-state index in [1.807, 2.05) is 24.3 Å². The van der Waals surface area contributed by atoms with Gasteiger partial charge in [-0.1, -0.05) is 44.2 Å². The Labute approximate surface area is 197 Å². The van der Waals surface area contributed by atoms with Crippen molar-refractivity contribution in [2.45, 2.75) is 52.0 Å². The Bertz CT molecular complexity index is 1050. The summed E-state index contributed by atoms with van der Waals surface area (Å²) < 4.78 is 8.36. The number of carboxylic acid groups (broad SMARTS) is 1. The topological polar surface area (TPSA) is 54.7 Å². The minimum atomic E-state index is -0.813. The van der Waals surface area contributed by atoms with E-state index in [4.69, 9.17) is 9.84 Å². The summed E-state index contributed by atoms with van der Waals surface area (Å²) in [6.07, 6.45) is 6.04. The first kappa shape index (κ1) is 23.4. The fourth-order valence-electron chi connectivity index (χ4n) is 4.82. The molecule has 1 aliphatic heterocycles. The zero-order chi connectivity index (χ0) is 23.2. The van der Waals surface area contributed by atoms with Gasteiger partial charge in [0.1, 0.15) is 12.4 Å². The Kier molecular flexibility index (Phi) is 7.71. The molecule has 0 aliphatic carbocycles. The number of benzene rings is 2. The van der Waals surface area contributed by atoms with Gasteiger partial charge in [0.25, 0.3) is 0 Å². The highest BCUT2D eigenvalue weighted by Gasteiger charge is 2.23. The summed E-state index contributed by atoms with van der Waals surface area (Å²) in [6.45, 7) is 9.43. The van der Waals surface area contributed by atoms with Crippen LogP contribution in [0.25, 0.3) is 10.9 Å². The van der Waals surface area contributed by atoms with Crippen molar-refractivity contribution in [3.8, 4) is 5.75 Å². The first-order valence-corrected chi connectivity index (χ1v) is 12.2. The zero-order valence-corrected chi connectivity index (χ0v) is 19.9. The lowest BCUT2D eigenvalue weighted by atomic mass is 9.89. The lowest BCUT2D eigenvalue weighted by Crippen LogP contribution is -2.35. The highest BCUT2D eigenvalue weighted by Crippen LogP contribution is 2.34. The Hall–Kier alpha value is -2.79. The number of aliphatic carboxylic acids is 1. The van der Waals surface area contributed by atoms with Crippen LogP contribution in [-0.4, -0.2) is 46.8 Å². The number of ether oxygens (including phenoxy) is 1. The molecule has 0 atom stereocenters. The Balaban J connectivity index is 1.28. The number of fused-ring (bicyclic) bond motifs is 1. The SMILES string of the molecule is CC(C)CCn1cc(C2CCN(CCOc3ccc(CC(=O)O)cc3)CC2)c2ccccc21. The van der Waals surface area contributed by atoms with Crippen LogP contribution in [0.15, 0.2) is 54.7 Å². The summed E-state index contributed by atoms with van der Waals surface area (Å²) in [5, 5.41) is 10.3. The molecule has 33 heavy (non-hydrogen) atoms. The second-order valence-corrected chi connectivity index (χ2v) is 9.66. The molecule has 0 unspecified atom stereocenters. The lowest BCUT2D eigenvalue weighted by Gasteiger charge is -2.31. The molecule has 0 amide bonds. The molecule has 1 aromatic heterocycles. The average Bonchev–Trinajstić information content (AvgIpc) is 3.18. The van der Waals surface area contributed by atoms with Crippen molar-refractivity contribution in [1.29, 1.82) is 0 Å². The van der Waals surface area contributed by atoms with Crippen LogP contribution < -0.4 is 4.74 Å². The van der Waals surface area contributed by atoms with E-state index >= 15 is 0 Å². The van der Waals surface area contributed by atoms with Gasteiger partial charge in [0.05, 0.1) is 6.42 Å². The van der Waals surface area contributed by atoms with Crippen molar-refractivity contribution < 1.29 is 14.6 Å². The van der Waals surface area contributed by atoms with E-state index in [0.29, 0.717) is 18.4 Å². The van der Waals surface area contributed by atoms with Gasteiger partial charge in [0.2, 0.25) is 0 Å². The molecule has 1 N–H and O–H groups in total. The quantitative estimate of drug-likeness (QED) is 0.440. The van der Waals surface area contributed by atoms with Crippen molar-refractivity contribution in [1.82, 2.24) is 9.47 Å². The van der Waals surface area contributed by atoms with E-state index in [-0.39, 0.29) is 6.42 Å². The molecule has 1 fully saturated rings. The van der Waals surface area contributed by atoms with Gasteiger partial charge in [-0.25, -0.2) is 0 Å². The van der Waals surface area contributed by atoms with Gasteiger partial charge < -0.3 is 14.4 Å². The molecule has 1 saturated heterocycles. The first-order chi connectivity index (χ1) is 16.0. The largest absolute Gasteiger partial charge is 0.492 e. The Morgan fingerprint density at radius 1 is 1.06 bits per heavy atom. The van der Waals surface area contributed by atoms with Crippen LogP contribution >= 0.6 is 0 Å². The third-order valence-corrected chi connectivity index (χ3v) is 6.75. The molecular formula is C28H36N2O3. The number of piperidine rings is 1. The molecule has 3 aromatic rings. The van der Waals surface area contributed by atoms with Crippen molar-refractivity contribution in [3.63, 3.8) is 0 Å². The van der Waals surface area contributed by atoms with Crippen molar-refractivity contribution in [2.24, 2.45) is 5.92 Å². The summed E-state index contributed by atoms with van der Waals surface area (Å²) in [4.78, 5) is 13.3. The third kappa shape index (κ3) is 6.17. The number of aryl methyl sites for hydroxylation is 1. The average molecular weight is 449 g/mol. The minimum absolute atomic E-state index is 0.0472. The molecule has 176 valence electrons. The van der Waals surface area contributed by atoms with Crippen LogP contribution in [-0.2, 0) is 17.8 Å². The molecule has 0 spiro atoms. The maximum atomic E-state index is 10.8. The monoisotopic (exact) mass is 448 g/mol. The molecule has 2 aromatic carbocycles. The maximum absolute atomic E-state index is 10.8. The number of rotatable bonds is 10. The van der Waals surface area contributed by atoms with Crippen LogP contribution in [0.4, 0.5) is 0 Å². The van der Waals surface area contributed by atoms with Crippen molar-refractivity contribution >= 4 is 16.9 Å². The maximum Gasteiger partial charge on any atom is 0.307 e. The van der Waals surface area contributed by atoms with E-state index in [2.05, 4.69) is 53.8 Å². The molecule has 5 heteroatoms. The van der Waals surface area contributed by atoms with Gasteiger partial charge in [-0.15, -0.1) is 0 Å². The highest BCUT2D eigenvalue weighted by atomic mass is 16.5. The number of carbonyl (C=O) groups is 1. The molecule has 1 aliphatic rings. The van der Waals surface area contributed by atoms with Gasteiger partial charge in [-0.3, -0.25) is 9.69 Å². The summed E-state index contributed by atoms with van der Waals surface area (Å²) in [5.74, 6) is 1.32. The standard InChI is InChI=1S/C28H36N2O3/c1-21(2)11-16-30-20-26(25-5-3-4-6-27(25)30)23-12-14-29(15-13-23)17-18-33-24-9-7-22(8-10-24)19-28(31)32/h3-10,20-21,23H,11-19H2,1-2H3,(H,31,32). The van der Waals surface area contributed by atoms with E-state index in [1.165, 1.54) is 35.7 Å². The van der Waals surface area contributed by atoms with Gasteiger partial charge in [-0.2, -0.15) is 0 Å². The van der Waals surface area contributed by atoms with Crippen LogP contribution in [0.1, 0.15) is 50.2 Å². The first-order valence-electron chi connectivity index (χ1n) is 12.2. The predicted molar refractivity (Wildman–Crippen MR) is 133 cm³/mol. The number of aromatic nitrogens is 1. The second-order valence-electron chi connectivity index (χ2n) is 9.66. The number of hydrogen-bond donors (Lipinski definition) is 1. The van der Waals surface area contributed by atoms with E-state index in [1.54, 1.807) is 0 Å². The highest BCUT2D eigenvalue weighted by molar-refractivity contribution is 5.84. The zero-order valence-electron chi connectivity index (χ0n) is 19.9. The molecule has 0 radical (unpaired) electrons. The minimum Gasteiger partial charge on any atom is -0.492 e. The molecular weight excluding hydrogens is 412 g/mol. The third-order valence-electron chi connectivity index (χ3n) is 6.75. The molecule has 4 rings (SSSR count). The fraction of sp³-hybridized carbons (Fsp3) is 0.464. The molecule has 0 bridgehead atoms. The fourth-order valence-corrected chi connectivity index (χ4v) is 4.82. The number of carboxylic acids is 1. The van der Waals surface area contributed by atoms with Gasteiger partial charge in [0.15, 0.2) is 0 Å². The normalized spacial score (nSPS) is 15.4. The number of nitrogens with zero attached hydrogens (tertiary/aromatic N) is 2. The number of likely N-dealkylation sites (tertiary alicyclic amines) is 1. The summed E-state index contributed by atoms with van der Waals surface area (Å²) in [6, 6.07) is 16.2. The van der Waals surface area contributed by atoms with E-state index in [0.717, 1.165) is 37.5 Å². The van der Waals surface area contributed by atoms with Crippen LogP contribution in [0.2, 0.25) is 0 Å². The molecule has 2 heterocycles.